The van der Waals surface area contributed by atoms with E-state index in [9.17, 15) is 4.79 Å². The standard InChI is InChI=1S/C20H18ClNO4/c1-3-25-16-6-4-15(5-7-16)22-19(23)9-8-17-11-13-10-14(21)12-18(24-2)20(13)26-17/h4-12H,3H2,1-2H3,(H,22,23). The fourth-order valence-electron chi connectivity index (χ4n) is 2.48. The molecule has 1 N–H and O–H groups in total. The minimum absolute atomic E-state index is 0.264. The zero-order valence-electron chi connectivity index (χ0n) is 14.4. The van der Waals surface area contributed by atoms with E-state index in [4.69, 9.17) is 25.5 Å². The summed E-state index contributed by atoms with van der Waals surface area (Å²) in [7, 11) is 1.55. The molecule has 3 rings (SSSR count). The summed E-state index contributed by atoms with van der Waals surface area (Å²) >= 11 is 6.05. The highest BCUT2D eigenvalue weighted by Gasteiger charge is 2.09. The van der Waals surface area contributed by atoms with Crippen LogP contribution in [0.15, 0.2) is 53.0 Å². The van der Waals surface area contributed by atoms with E-state index in [1.165, 1.54) is 6.08 Å². The Balaban J connectivity index is 1.70. The molecule has 134 valence electrons. The molecule has 6 heteroatoms. The van der Waals surface area contributed by atoms with Crippen LogP contribution in [0.25, 0.3) is 17.0 Å². The van der Waals surface area contributed by atoms with Gasteiger partial charge in [0.25, 0.3) is 0 Å². The molecular weight excluding hydrogens is 354 g/mol. The second kappa shape index (κ2) is 7.97. The minimum atomic E-state index is -0.264. The SMILES string of the molecule is CCOc1ccc(NC(=O)C=Cc2cc3cc(Cl)cc(OC)c3o2)cc1. The Morgan fingerprint density at radius 2 is 2.00 bits per heavy atom. The van der Waals surface area contributed by atoms with Crippen LogP contribution in [0.5, 0.6) is 11.5 Å². The molecule has 3 aromatic rings. The van der Waals surface area contributed by atoms with Gasteiger partial charge in [-0.25, -0.2) is 0 Å². The molecule has 0 saturated carbocycles. The number of nitrogens with one attached hydrogen (secondary N) is 1. The highest BCUT2D eigenvalue weighted by molar-refractivity contribution is 6.31. The van der Waals surface area contributed by atoms with Gasteiger partial charge in [0.05, 0.1) is 13.7 Å². The third kappa shape index (κ3) is 4.18. The van der Waals surface area contributed by atoms with Crippen molar-refractivity contribution in [3.63, 3.8) is 0 Å². The Bertz CT molecular complexity index is 944. The number of benzene rings is 2. The highest BCUT2D eigenvalue weighted by atomic mass is 35.5. The number of hydrogen-bond acceptors (Lipinski definition) is 4. The summed E-state index contributed by atoms with van der Waals surface area (Å²) in [6.45, 7) is 2.52. The summed E-state index contributed by atoms with van der Waals surface area (Å²) in [6, 6.07) is 12.4. The van der Waals surface area contributed by atoms with Gasteiger partial charge in [-0.15, -0.1) is 0 Å². The van der Waals surface area contributed by atoms with Crippen LogP contribution in [-0.2, 0) is 4.79 Å². The van der Waals surface area contributed by atoms with Crippen LogP contribution in [0.2, 0.25) is 5.02 Å². The lowest BCUT2D eigenvalue weighted by atomic mass is 10.2. The van der Waals surface area contributed by atoms with Gasteiger partial charge in [-0.05, 0) is 49.4 Å². The number of carbonyl (C=O) groups excluding carboxylic acids is 1. The van der Waals surface area contributed by atoms with Gasteiger partial charge in [0.2, 0.25) is 5.91 Å². The number of anilines is 1. The fourth-order valence-corrected chi connectivity index (χ4v) is 2.70. The molecule has 1 aromatic heterocycles. The largest absolute Gasteiger partial charge is 0.494 e. The van der Waals surface area contributed by atoms with E-state index in [-0.39, 0.29) is 5.91 Å². The van der Waals surface area contributed by atoms with E-state index in [1.807, 2.05) is 6.92 Å². The van der Waals surface area contributed by atoms with E-state index in [1.54, 1.807) is 55.7 Å². The number of carbonyl (C=O) groups is 1. The number of furan rings is 1. The molecule has 26 heavy (non-hydrogen) atoms. The van der Waals surface area contributed by atoms with Gasteiger partial charge in [0.1, 0.15) is 11.5 Å². The molecule has 5 nitrogen and oxygen atoms in total. The maximum Gasteiger partial charge on any atom is 0.248 e. The molecule has 0 bridgehead atoms. The number of amides is 1. The Kier molecular flexibility index (Phi) is 5.49. The summed E-state index contributed by atoms with van der Waals surface area (Å²) in [4.78, 5) is 12.1. The van der Waals surface area contributed by atoms with Gasteiger partial charge >= 0.3 is 0 Å². The third-order valence-electron chi connectivity index (χ3n) is 3.62. The molecule has 2 aromatic carbocycles. The molecule has 1 amide bonds. The van der Waals surface area contributed by atoms with Gasteiger partial charge in [-0.3, -0.25) is 4.79 Å². The highest BCUT2D eigenvalue weighted by Crippen LogP contribution is 2.32. The van der Waals surface area contributed by atoms with Crippen molar-refractivity contribution in [1.29, 1.82) is 0 Å². The Labute approximate surface area is 156 Å². The van der Waals surface area contributed by atoms with Crippen LogP contribution in [-0.4, -0.2) is 19.6 Å². The number of halogens is 1. The monoisotopic (exact) mass is 371 g/mol. The molecule has 0 spiro atoms. The van der Waals surface area contributed by atoms with Crippen molar-refractivity contribution in [2.45, 2.75) is 6.92 Å². The number of fused-ring (bicyclic) bond motifs is 1. The summed E-state index contributed by atoms with van der Waals surface area (Å²) in [6.07, 6.45) is 3.00. The van der Waals surface area contributed by atoms with E-state index in [2.05, 4.69) is 5.32 Å². The molecular formula is C20H18ClNO4. The second-order valence-corrected chi connectivity index (χ2v) is 5.89. The van der Waals surface area contributed by atoms with Crippen molar-refractivity contribution in [3.8, 4) is 11.5 Å². The fraction of sp³-hybridized carbons (Fsp3) is 0.150. The summed E-state index contributed by atoms with van der Waals surface area (Å²) in [5.74, 6) is 1.57. The molecule has 0 aliphatic heterocycles. The molecule has 1 heterocycles. The summed E-state index contributed by atoms with van der Waals surface area (Å²) in [5.41, 5.74) is 1.27. The first-order chi connectivity index (χ1) is 12.6. The smallest absolute Gasteiger partial charge is 0.248 e. The van der Waals surface area contributed by atoms with Crippen molar-refractivity contribution in [1.82, 2.24) is 0 Å². The van der Waals surface area contributed by atoms with Gasteiger partial charge in [-0.1, -0.05) is 11.6 Å². The Morgan fingerprint density at radius 1 is 1.23 bits per heavy atom. The third-order valence-corrected chi connectivity index (χ3v) is 3.84. The summed E-state index contributed by atoms with van der Waals surface area (Å²) < 4.78 is 16.4. The van der Waals surface area contributed by atoms with E-state index in [0.717, 1.165) is 11.1 Å². The first kappa shape index (κ1) is 17.9. The van der Waals surface area contributed by atoms with Gasteiger partial charge in [0, 0.05) is 28.2 Å². The van der Waals surface area contributed by atoms with Gasteiger partial charge in [0.15, 0.2) is 11.3 Å². The first-order valence-electron chi connectivity index (χ1n) is 8.08. The van der Waals surface area contributed by atoms with Crippen molar-refractivity contribution in [2.75, 3.05) is 19.0 Å². The van der Waals surface area contributed by atoms with Crippen molar-refractivity contribution >= 4 is 40.2 Å². The van der Waals surface area contributed by atoms with E-state index < -0.39 is 0 Å². The normalized spacial score (nSPS) is 11.0. The van der Waals surface area contributed by atoms with Crippen LogP contribution in [0.1, 0.15) is 12.7 Å². The lowest BCUT2D eigenvalue weighted by molar-refractivity contribution is -0.111. The molecule has 0 unspecified atom stereocenters. The van der Waals surface area contributed by atoms with Crippen LogP contribution in [0.3, 0.4) is 0 Å². The average molecular weight is 372 g/mol. The Morgan fingerprint density at radius 3 is 2.69 bits per heavy atom. The zero-order chi connectivity index (χ0) is 18.5. The zero-order valence-corrected chi connectivity index (χ0v) is 15.2. The quantitative estimate of drug-likeness (QED) is 0.609. The maximum atomic E-state index is 12.1. The second-order valence-electron chi connectivity index (χ2n) is 5.46. The van der Waals surface area contributed by atoms with Crippen LogP contribution in [0.4, 0.5) is 5.69 Å². The average Bonchev–Trinajstić information content (AvgIpc) is 3.04. The minimum Gasteiger partial charge on any atom is -0.494 e. The van der Waals surface area contributed by atoms with Crippen molar-refractivity contribution in [2.24, 2.45) is 0 Å². The number of rotatable bonds is 6. The van der Waals surface area contributed by atoms with Crippen molar-refractivity contribution in [3.05, 3.63) is 59.3 Å². The lowest BCUT2D eigenvalue weighted by Gasteiger charge is -2.05. The molecule has 0 aliphatic carbocycles. The molecule has 0 saturated heterocycles. The van der Waals surface area contributed by atoms with Crippen LogP contribution in [0, 0.1) is 0 Å². The molecule has 0 radical (unpaired) electrons. The van der Waals surface area contributed by atoms with E-state index in [0.29, 0.717) is 34.4 Å². The van der Waals surface area contributed by atoms with Crippen molar-refractivity contribution < 1.29 is 18.7 Å². The van der Waals surface area contributed by atoms with Gasteiger partial charge < -0.3 is 19.2 Å². The first-order valence-corrected chi connectivity index (χ1v) is 8.46. The lowest BCUT2D eigenvalue weighted by Crippen LogP contribution is -2.07. The predicted molar refractivity (Wildman–Crippen MR) is 103 cm³/mol. The molecule has 0 fully saturated rings. The maximum absolute atomic E-state index is 12.1. The molecule has 0 aliphatic rings. The molecule has 0 atom stereocenters. The Hall–Kier alpha value is -2.92. The number of hydrogen-bond donors (Lipinski definition) is 1. The number of methoxy groups -OCH3 is 1. The van der Waals surface area contributed by atoms with Gasteiger partial charge in [-0.2, -0.15) is 0 Å². The van der Waals surface area contributed by atoms with E-state index >= 15 is 0 Å². The number of ether oxygens (including phenoxy) is 2. The van der Waals surface area contributed by atoms with Crippen LogP contribution < -0.4 is 14.8 Å². The van der Waals surface area contributed by atoms with Crippen LogP contribution >= 0.6 is 11.6 Å². The predicted octanol–water partition coefficient (Wildman–Crippen LogP) is 5.15. The summed E-state index contributed by atoms with van der Waals surface area (Å²) in [5, 5.41) is 4.14. The topological polar surface area (TPSA) is 60.7 Å².